The Balaban J connectivity index is 0. The summed E-state index contributed by atoms with van der Waals surface area (Å²) in [5.41, 5.74) is 4.71. The highest BCUT2D eigenvalue weighted by atomic mass is 32.2. The molecule has 0 heterocycles. The van der Waals surface area contributed by atoms with Gasteiger partial charge in [0.2, 0.25) is 0 Å². The topological polar surface area (TPSA) is 32.5 Å². The summed E-state index contributed by atoms with van der Waals surface area (Å²) < 4.78 is 2.29. The average molecular weight is 516 g/mol. The zero-order valence-electron chi connectivity index (χ0n) is 18.7. The highest BCUT2D eigenvalue weighted by molar-refractivity contribution is 8.35. The Bertz CT molecular complexity index is 382. The second-order valence-corrected chi connectivity index (χ2v) is 11.5. The largest absolute Gasteiger partial charge is 0.385 e. The van der Waals surface area contributed by atoms with Crippen molar-refractivity contribution in [1.82, 2.24) is 9.80 Å². The molecule has 0 fully saturated rings. The molecular weight excluding hydrogens is 475 g/mol. The van der Waals surface area contributed by atoms with Gasteiger partial charge >= 0.3 is 0 Å². The summed E-state index contributed by atoms with van der Waals surface area (Å²) in [4.78, 5) is 4.78. The number of nitrogens with zero attached hydrogens (tertiary/aromatic N) is 2. The molecule has 172 valence electrons. The first kappa shape index (κ1) is 31.9. The number of thiocarbonyl (C=S) groups is 3. The predicted octanol–water partition coefficient (Wildman–Crippen LogP) is 6.94. The summed E-state index contributed by atoms with van der Waals surface area (Å²) in [6, 6.07) is 0. The van der Waals surface area contributed by atoms with E-state index >= 15 is 0 Å². The van der Waals surface area contributed by atoms with Gasteiger partial charge in [-0.1, -0.05) is 114 Å². The van der Waals surface area contributed by atoms with Crippen LogP contribution in [0.5, 0.6) is 0 Å². The van der Waals surface area contributed by atoms with Crippen molar-refractivity contribution in [1.29, 1.82) is 0 Å². The predicted molar refractivity (Wildman–Crippen MR) is 154 cm³/mol. The molecule has 0 saturated carbocycles. The molecule has 0 amide bonds. The molecule has 0 rings (SSSR count). The van der Waals surface area contributed by atoms with Crippen molar-refractivity contribution < 1.29 is 0 Å². The lowest BCUT2D eigenvalue weighted by atomic mass is 10.3. The zero-order chi connectivity index (χ0) is 22.5. The summed E-state index contributed by atoms with van der Waals surface area (Å²) in [5, 5.41) is 0.932. The van der Waals surface area contributed by atoms with Crippen molar-refractivity contribution in [3.8, 4) is 0 Å². The van der Waals surface area contributed by atoms with E-state index in [1.165, 1.54) is 51.4 Å². The van der Waals surface area contributed by atoms with Crippen LogP contribution in [0, 0.1) is 0 Å². The molecule has 0 aromatic rings. The molecule has 0 unspecified atom stereocenters. The first-order valence-electron chi connectivity index (χ1n) is 10.7. The number of rotatable bonds is 14. The number of hydrogen-bond donors (Lipinski definition) is 2. The van der Waals surface area contributed by atoms with E-state index in [0.29, 0.717) is 0 Å². The lowest BCUT2D eigenvalue weighted by Crippen LogP contribution is -2.31. The van der Waals surface area contributed by atoms with Crippen LogP contribution in [0.25, 0.3) is 0 Å². The maximum Gasteiger partial charge on any atom is 0.137 e. The maximum absolute atomic E-state index is 5.68. The van der Waals surface area contributed by atoms with Gasteiger partial charge in [-0.2, -0.15) is 0 Å². The van der Waals surface area contributed by atoms with Gasteiger partial charge in [0.25, 0.3) is 0 Å². The normalized spacial score (nSPS) is 10.1. The van der Waals surface area contributed by atoms with Crippen LogP contribution in [0.15, 0.2) is 0 Å². The number of thioether (sulfide) groups is 2. The van der Waals surface area contributed by atoms with Crippen molar-refractivity contribution in [2.45, 2.75) is 79.1 Å². The summed E-state index contributed by atoms with van der Waals surface area (Å²) in [5.74, 6) is 0. The molecule has 0 bridgehead atoms. The molecule has 0 aromatic heterocycles. The number of hydrogen-bond acceptors (Lipinski definition) is 5. The van der Waals surface area contributed by atoms with Gasteiger partial charge in [-0.05, 0) is 25.7 Å². The summed E-state index contributed by atoms with van der Waals surface area (Å²) in [7, 11) is 0. The quantitative estimate of drug-likeness (QED) is 0.146. The van der Waals surface area contributed by atoms with E-state index in [9.17, 15) is 0 Å². The van der Waals surface area contributed by atoms with Crippen LogP contribution in [0.4, 0.5) is 0 Å². The molecule has 0 aliphatic rings. The minimum atomic E-state index is 0.194. The maximum atomic E-state index is 5.68. The third kappa shape index (κ3) is 21.7. The summed E-state index contributed by atoms with van der Waals surface area (Å²) in [6.45, 7) is 13.3. The van der Waals surface area contributed by atoms with Gasteiger partial charge in [-0.15, -0.1) is 12.6 Å². The minimum absolute atomic E-state index is 0.194. The molecule has 0 atom stereocenters. The van der Waals surface area contributed by atoms with E-state index in [2.05, 4.69) is 62.3 Å². The van der Waals surface area contributed by atoms with E-state index < -0.39 is 0 Å². The van der Waals surface area contributed by atoms with E-state index in [4.69, 9.17) is 30.2 Å². The molecule has 3 nitrogen and oxygen atoms in total. The fraction of sp³-hybridized carbons (Fsp3) is 0.850. The van der Waals surface area contributed by atoms with Crippen molar-refractivity contribution >= 4 is 85.8 Å². The van der Waals surface area contributed by atoms with Crippen molar-refractivity contribution in [3.63, 3.8) is 0 Å². The summed E-state index contributed by atoms with van der Waals surface area (Å²) >= 11 is 22.6. The zero-order valence-corrected chi connectivity index (χ0v) is 23.6. The van der Waals surface area contributed by atoms with Crippen LogP contribution in [0.2, 0.25) is 0 Å². The summed E-state index contributed by atoms with van der Waals surface area (Å²) in [6.07, 6.45) is 9.76. The van der Waals surface area contributed by atoms with E-state index in [0.717, 1.165) is 39.9 Å². The van der Waals surface area contributed by atoms with Crippen LogP contribution in [0.3, 0.4) is 0 Å². The van der Waals surface area contributed by atoms with Crippen LogP contribution in [-0.4, -0.2) is 54.0 Å². The molecule has 0 spiro atoms. The first-order chi connectivity index (χ1) is 13.8. The van der Waals surface area contributed by atoms with Gasteiger partial charge in [-0.25, -0.2) is 0 Å². The molecule has 2 N–H and O–H groups in total. The van der Waals surface area contributed by atoms with Crippen LogP contribution in [-0.2, 0) is 0 Å². The Hall–Kier alpha value is 0.720. The van der Waals surface area contributed by atoms with Gasteiger partial charge in [-0.3, -0.25) is 0 Å². The fourth-order valence-corrected chi connectivity index (χ4v) is 5.30. The molecule has 29 heavy (non-hydrogen) atoms. The highest BCUT2D eigenvalue weighted by Crippen LogP contribution is 2.21. The van der Waals surface area contributed by atoms with Gasteiger partial charge in [0.05, 0.1) is 5.08 Å². The average Bonchev–Trinajstić information content (AvgIpc) is 2.67. The third-order valence-corrected chi connectivity index (χ3v) is 7.18. The van der Waals surface area contributed by atoms with E-state index in [-0.39, 0.29) is 4.32 Å². The minimum Gasteiger partial charge on any atom is -0.385 e. The first-order valence-corrected chi connectivity index (χ1v) is 14.3. The molecule has 0 aromatic carbocycles. The van der Waals surface area contributed by atoms with Gasteiger partial charge < -0.3 is 15.5 Å². The molecule has 0 radical (unpaired) electrons. The lowest BCUT2D eigenvalue weighted by Gasteiger charge is -2.26. The molecular formula is C20H41N3S6. The highest BCUT2D eigenvalue weighted by Gasteiger charge is 2.12. The van der Waals surface area contributed by atoms with Crippen molar-refractivity contribution in [2.75, 3.05) is 31.3 Å². The Morgan fingerprint density at radius 1 is 0.690 bits per heavy atom. The van der Waals surface area contributed by atoms with E-state index in [1.807, 2.05) is 0 Å². The number of nitrogens with two attached hydrogens (primary N) is 1. The van der Waals surface area contributed by atoms with Gasteiger partial charge in [0.1, 0.15) is 13.0 Å². The lowest BCUT2D eigenvalue weighted by molar-refractivity contribution is 0.410. The number of thiol groups is 1. The Morgan fingerprint density at radius 2 is 0.931 bits per heavy atom. The smallest absolute Gasteiger partial charge is 0.137 e. The molecule has 0 aliphatic heterocycles. The SMILES string of the molecule is CCCCN(CCCC)C(=S)SCSC(=S)N(CCCC)CCCC.NC(=S)S. The van der Waals surface area contributed by atoms with Crippen LogP contribution in [0.1, 0.15) is 79.1 Å². The Kier molecular flexibility index (Phi) is 25.7. The standard InChI is InChI=1S/C19H38N2S4.CH3NS2/c1-5-9-13-20(14-10-6-2)18(22)24-17-25-19(23)21(15-11-7-3)16-12-8-4;2-1(3)4/h5-17H2,1-4H3;(H3,2,3,4). The monoisotopic (exact) mass is 515 g/mol. The van der Waals surface area contributed by atoms with Crippen molar-refractivity contribution in [2.24, 2.45) is 5.73 Å². The second-order valence-electron chi connectivity index (χ2n) is 6.66. The Labute approximate surface area is 210 Å². The van der Waals surface area contributed by atoms with Crippen LogP contribution < -0.4 is 5.73 Å². The van der Waals surface area contributed by atoms with Crippen molar-refractivity contribution in [3.05, 3.63) is 0 Å². The Morgan fingerprint density at radius 3 is 1.14 bits per heavy atom. The molecule has 9 heteroatoms. The molecule has 0 saturated heterocycles. The van der Waals surface area contributed by atoms with Gasteiger partial charge in [0.15, 0.2) is 0 Å². The van der Waals surface area contributed by atoms with E-state index in [1.54, 1.807) is 23.5 Å². The molecule has 0 aliphatic carbocycles. The van der Waals surface area contributed by atoms with Crippen LogP contribution >= 0.6 is 72.8 Å². The second kappa shape index (κ2) is 23.4. The third-order valence-electron chi connectivity index (χ3n) is 4.01. The number of unbranched alkanes of at least 4 members (excludes halogenated alkanes) is 4. The van der Waals surface area contributed by atoms with Gasteiger partial charge in [0, 0.05) is 26.2 Å². The fourth-order valence-electron chi connectivity index (χ4n) is 2.30.